The molecular formula is C43H70O16. The third-order valence-electron chi connectivity index (χ3n) is 17.5. The second kappa shape index (κ2) is 15.7. The van der Waals surface area contributed by atoms with Crippen molar-refractivity contribution in [1.82, 2.24) is 0 Å². The Labute approximate surface area is 346 Å². The van der Waals surface area contributed by atoms with Gasteiger partial charge < -0.3 is 74.7 Å². The highest BCUT2D eigenvalue weighted by Gasteiger charge is 2.73. The van der Waals surface area contributed by atoms with Crippen molar-refractivity contribution in [3.8, 4) is 0 Å². The third-order valence-corrected chi connectivity index (χ3v) is 17.5. The predicted octanol–water partition coefficient (Wildman–Crippen LogP) is -0.116. The number of carbonyl (C=O) groups excluding carboxylic acids is 1. The summed E-state index contributed by atoms with van der Waals surface area (Å²) in [6.45, 7) is 11.1. The van der Waals surface area contributed by atoms with Gasteiger partial charge in [0.1, 0.15) is 54.2 Å². The number of aliphatic hydroxyl groups excluding tert-OH is 10. The molecule has 5 aliphatic carbocycles. The molecule has 338 valence electrons. The summed E-state index contributed by atoms with van der Waals surface area (Å²) in [7, 11) is 1.40. The molecule has 10 N–H and O–H groups in total. The van der Waals surface area contributed by atoms with Crippen LogP contribution in [0.4, 0.5) is 0 Å². The monoisotopic (exact) mass is 842 g/mol. The Bertz CT molecular complexity index is 1590. The molecule has 0 aromatic carbocycles. The smallest absolute Gasteiger partial charge is 0.315 e. The van der Waals surface area contributed by atoms with E-state index in [1.165, 1.54) is 12.7 Å². The molecule has 21 atom stereocenters. The number of hydrogen-bond donors (Lipinski definition) is 10. The summed E-state index contributed by atoms with van der Waals surface area (Å²) in [6, 6.07) is 0. The lowest BCUT2D eigenvalue weighted by molar-refractivity contribution is -0.375. The predicted molar refractivity (Wildman–Crippen MR) is 207 cm³/mol. The fourth-order valence-electron chi connectivity index (χ4n) is 14.1. The van der Waals surface area contributed by atoms with E-state index in [-0.39, 0.29) is 41.0 Å². The van der Waals surface area contributed by atoms with Crippen molar-refractivity contribution in [2.75, 3.05) is 26.9 Å². The normalized spacial score (nSPS) is 54.5. The molecule has 7 rings (SSSR count). The van der Waals surface area contributed by atoms with E-state index in [4.69, 9.17) is 23.7 Å². The third kappa shape index (κ3) is 6.64. The Kier molecular flexibility index (Phi) is 12.2. The van der Waals surface area contributed by atoms with Crippen molar-refractivity contribution in [2.45, 2.75) is 173 Å². The zero-order valence-electron chi connectivity index (χ0n) is 35.5. The van der Waals surface area contributed by atoms with Crippen LogP contribution in [-0.2, 0) is 28.5 Å². The Balaban J connectivity index is 1.17. The van der Waals surface area contributed by atoms with E-state index in [2.05, 4.69) is 40.7 Å². The topological polar surface area (TPSA) is 266 Å². The summed E-state index contributed by atoms with van der Waals surface area (Å²) in [5.41, 5.74) is -2.33. The molecule has 0 amide bonds. The van der Waals surface area contributed by atoms with Crippen molar-refractivity contribution in [1.29, 1.82) is 0 Å². The molecule has 2 aliphatic heterocycles. The van der Waals surface area contributed by atoms with Gasteiger partial charge in [0.15, 0.2) is 12.6 Å². The summed E-state index contributed by atoms with van der Waals surface area (Å²) < 4.78 is 29.0. The highest BCUT2D eigenvalue weighted by molar-refractivity contribution is 5.79. The quantitative estimate of drug-likeness (QED) is 0.0868. The van der Waals surface area contributed by atoms with E-state index in [0.29, 0.717) is 25.7 Å². The van der Waals surface area contributed by atoms with Gasteiger partial charge in [0.25, 0.3) is 0 Å². The minimum absolute atomic E-state index is 0.000145. The molecule has 4 saturated carbocycles. The molecule has 7 aliphatic rings. The second-order valence-corrected chi connectivity index (χ2v) is 21.0. The fraction of sp³-hybridized carbons (Fsp3) is 0.930. The summed E-state index contributed by atoms with van der Waals surface area (Å²) in [5.74, 6) is -0.748. The first-order chi connectivity index (χ1) is 27.5. The maximum absolute atomic E-state index is 13.7. The number of esters is 1. The number of hydrogen-bond acceptors (Lipinski definition) is 16. The van der Waals surface area contributed by atoms with Gasteiger partial charge in [-0.1, -0.05) is 53.2 Å². The van der Waals surface area contributed by atoms with E-state index in [1.54, 1.807) is 0 Å². The maximum atomic E-state index is 13.7. The Hall–Kier alpha value is -1.35. The van der Waals surface area contributed by atoms with Gasteiger partial charge in [-0.2, -0.15) is 0 Å². The van der Waals surface area contributed by atoms with Gasteiger partial charge in [0, 0.05) is 5.41 Å². The zero-order valence-corrected chi connectivity index (χ0v) is 35.5. The Morgan fingerprint density at radius 3 is 1.98 bits per heavy atom. The van der Waals surface area contributed by atoms with Crippen molar-refractivity contribution in [3.05, 3.63) is 11.6 Å². The number of carbonyl (C=O) groups is 1. The number of rotatable bonds is 8. The lowest BCUT2D eigenvalue weighted by Crippen LogP contribution is -2.70. The fourth-order valence-corrected chi connectivity index (χ4v) is 14.1. The molecule has 0 spiro atoms. The molecule has 16 heteroatoms. The van der Waals surface area contributed by atoms with Crippen LogP contribution in [0.15, 0.2) is 11.6 Å². The van der Waals surface area contributed by atoms with Crippen LogP contribution in [-0.4, -0.2) is 164 Å². The van der Waals surface area contributed by atoms with E-state index in [1.807, 2.05) is 6.92 Å². The zero-order chi connectivity index (χ0) is 43.4. The lowest BCUT2D eigenvalue weighted by Gasteiger charge is -2.72. The van der Waals surface area contributed by atoms with Gasteiger partial charge in [0.2, 0.25) is 0 Å². The van der Waals surface area contributed by atoms with Gasteiger partial charge in [-0.3, -0.25) is 4.79 Å². The van der Waals surface area contributed by atoms with Crippen LogP contribution in [0.25, 0.3) is 0 Å². The number of ether oxygens (including phenoxy) is 5. The average molecular weight is 843 g/mol. The molecule has 2 saturated heterocycles. The van der Waals surface area contributed by atoms with E-state index in [9.17, 15) is 55.9 Å². The minimum atomic E-state index is -1.84. The Morgan fingerprint density at radius 1 is 0.746 bits per heavy atom. The first-order valence-electron chi connectivity index (χ1n) is 21.5. The number of fused-ring (bicyclic) bond motifs is 7. The van der Waals surface area contributed by atoms with Crippen LogP contribution in [0, 0.1) is 50.2 Å². The summed E-state index contributed by atoms with van der Waals surface area (Å²) >= 11 is 0. The molecule has 0 aromatic rings. The maximum Gasteiger partial charge on any atom is 0.315 e. The molecule has 59 heavy (non-hydrogen) atoms. The highest BCUT2D eigenvalue weighted by Crippen LogP contribution is 2.76. The van der Waals surface area contributed by atoms with Gasteiger partial charge in [-0.15, -0.1) is 0 Å². The molecule has 0 aromatic heterocycles. The molecule has 0 bridgehead atoms. The highest BCUT2D eigenvalue weighted by atomic mass is 16.7. The molecule has 16 nitrogen and oxygen atoms in total. The lowest BCUT2D eigenvalue weighted by atomic mass is 9.33. The molecule has 0 unspecified atom stereocenters. The van der Waals surface area contributed by atoms with Gasteiger partial charge in [-0.05, 0) is 90.8 Å². The summed E-state index contributed by atoms with van der Waals surface area (Å²) in [4.78, 5) is 13.7. The minimum Gasteiger partial charge on any atom is -0.468 e. The summed E-state index contributed by atoms with van der Waals surface area (Å²) in [5, 5.41) is 110. The largest absolute Gasteiger partial charge is 0.468 e. The van der Waals surface area contributed by atoms with E-state index < -0.39 is 121 Å². The number of methoxy groups -OCH3 is 1. The van der Waals surface area contributed by atoms with Gasteiger partial charge in [0.05, 0.1) is 45.2 Å². The first-order valence-corrected chi connectivity index (χ1v) is 21.5. The van der Waals surface area contributed by atoms with Crippen molar-refractivity contribution < 1.29 is 79.5 Å². The van der Waals surface area contributed by atoms with Crippen LogP contribution in [0.1, 0.15) is 92.9 Å². The van der Waals surface area contributed by atoms with Crippen LogP contribution in [0.3, 0.4) is 0 Å². The first kappa shape index (κ1) is 45.7. The van der Waals surface area contributed by atoms with Crippen molar-refractivity contribution in [2.24, 2.45) is 50.2 Å². The molecule has 6 fully saturated rings. The molecule has 2 heterocycles. The van der Waals surface area contributed by atoms with Crippen molar-refractivity contribution >= 4 is 5.97 Å². The number of allylic oxidation sites excluding steroid dienone is 2. The number of aliphatic hydroxyl groups is 10. The van der Waals surface area contributed by atoms with Gasteiger partial charge in [-0.25, -0.2) is 0 Å². The van der Waals surface area contributed by atoms with Crippen LogP contribution >= 0.6 is 0 Å². The molecule has 0 radical (unpaired) electrons. The van der Waals surface area contributed by atoms with Gasteiger partial charge >= 0.3 is 5.97 Å². The second-order valence-electron chi connectivity index (χ2n) is 21.0. The average Bonchev–Trinajstić information content (AvgIpc) is 3.18. The van der Waals surface area contributed by atoms with Crippen molar-refractivity contribution in [3.63, 3.8) is 0 Å². The van der Waals surface area contributed by atoms with Crippen LogP contribution < -0.4 is 0 Å². The van der Waals surface area contributed by atoms with Crippen LogP contribution in [0.5, 0.6) is 0 Å². The Morgan fingerprint density at radius 2 is 1.37 bits per heavy atom. The summed E-state index contributed by atoms with van der Waals surface area (Å²) in [6.07, 6.45) is -12.6. The van der Waals surface area contributed by atoms with E-state index in [0.717, 1.165) is 19.3 Å². The standard InChI is InChI=1S/C43H70O16/c1-38(2)12-13-43(37(54)55-7)21(14-38)20-8-9-26-39(3)15-22(47)34(40(4,19-46)25(39)10-11-41(26,5)42(20,6)16-27(43)48)59-36-32(53)33(29(50)24(18-45)57-36)58-35-31(52)30(51)28(49)23(17-44)56-35/h8,21-36,44-53H,9-19H2,1-7H3/t21-,22-,23+,24+,25-,26+,27-,28+,29+,30+,31+,32+,33-,34-,35-,36-,39-,40-,41+,42+,43+/m0/s1. The molecular weight excluding hydrogens is 772 g/mol. The SMILES string of the molecule is COC(=O)[C@]12CCC(C)(C)C[C@H]1C1=CC[C@@H]3[C@@]4(C)C[C@H](O)[C@H](O[C@@H]5O[C@H](CO)[C@@H](O)[C@H](O[C@@H]6O[C@H](CO)[C@@H](O)[C@@H](O)[C@H]6O)[C@H]5O)[C@@](C)(CO)[C@H]4CC[C@@]3(C)[C@]1(C)C[C@@H]2O. The van der Waals surface area contributed by atoms with Crippen LogP contribution in [0.2, 0.25) is 0 Å². The van der Waals surface area contributed by atoms with E-state index >= 15 is 0 Å².